The predicted molar refractivity (Wildman–Crippen MR) is 143 cm³/mol. The zero-order valence-electron chi connectivity index (χ0n) is 21.0. The predicted octanol–water partition coefficient (Wildman–Crippen LogP) is 4.29. The molecular formula is C28H30N4O4S. The minimum Gasteiger partial charge on any atom is -0.338 e. The summed E-state index contributed by atoms with van der Waals surface area (Å²) in [7, 11) is 0. The van der Waals surface area contributed by atoms with Crippen molar-refractivity contribution in [3.63, 3.8) is 0 Å². The highest BCUT2D eigenvalue weighted by Gasteiger charge is 2.38. The number of fused-ring (bicyclic) bond motifs is 1. The van der Waals surface area contributed by atoms with E-state index in [1.54, 1.807) is 22.3 Å². The van der Waals surface area contributed by atoms with Gasteiger partial charge in [-0.15, -0.1) is 11.3 Å². The number of piperazine rings is 1. The number of nitro groups is 1. The fraction of sp³-hybridized carbons (Fsp3) is 0.357. The second kappa shape index (κ2) is 10.4. The van der Waals surface area contributed by atoms with Gasteiger partial charge in [-0.05, 0) is 54.5 Å². The Bertz CT molecular complexity index is 1330. The molecule has 1 fully saturated rings. The van der Waals surface area contributed by atoms with E-state index in [1.807, 2.05) is 17.9 Å². The van der Waals surface area contributed by atoms with E-state index < -0.39 is 4.92 Å². The maximum atomic E-state index is 13.7. The molecule has 2 atom stereocenters. The van der Waals surface area contributed by atoms with E-state index in [1.165, 1.54) is 39.8 Å². The molecule has 0 saturated carbocycles. The van der Waals surface area contributed by atoms with Gasteiger partial charge in [0.05, 0.1) is 17.0 Å². The number of nitrogens with zero attached hydrogens (tertiary/aromatic N) is 4. The Morgan fingerprint density at radius 1 is 0.973 bits per heavy atom. The van der Waals surface area contributed by atoms with Crippen LogP contribution in [0.15, 0.2) is 60.0 Å². The summed E-state index contributed by atoms with van der Waals surface area (Å²) in [5.74, 6) is -0.177. The van der Waals surface area contributed by atoms with Gasteiger partial charge in [-0.1, -0.05) is 30.3 Å². The first-order valence-corrected chi connectivity index (χ1v) is 13.4. The normalized spacial score (nSPS) is 18.8. The van der Waals surface area contributed by atoms with Gasteiger partial charge in [0.2, 0.25) is 5.91 Å². The molecule has 0 bridgehead atoms. The minimum absolute atomic E-state index is 0.0342. The summed E-state index contributed by atoms with van der Waals surface area (Å²) in [5.41, 5.74) is 3.92. The highest BCUT2D eigenvalue weighted by molar-refractivity contribution is 7.10. The first kappa shape index (κ1) is 25.1. The van der Waals surface area contributed by atoms with Gasteiger partial charge in [-0.3, -0.25) is 24.6 Å². The monoisotopic (exact) mass is 518 g/mol. The van der Waals surface area contributed by atoms with Crippen molar-refractivity contribution in [2.45, 2.75) is 32.4 Å². The first-order chi connectivity index (χ1) is 17.8. The number of carbonyl (C=O) groups excluding carboxylic acids is 2. The number of hydrogen-bond acceptors (Lipinski definition) is 6. The molecule has 192 valence electrons. The third kappa shape index (κ3) is 4.89. The number of hydrogen-bond donors (Lipinski definition) is 0. The third-order valence-electron chi connectivity index (χ3n) is 7.52. The fourth-order valence-electron chi connectivity index (χ4n) is 5.46. The lowest BCUT2D eigenvalue weighted by molar-refractivity contribution is -0.384. The summed E-state index contributed by atoms with van der Waals surface area (Å²) in [6, 6.07) is 16.1. The molecule has 1 aromatic heterocycles. The van der Waals surface area contributed by atoms with Crippen LogP contribution in [0.25, 0.3) is 0 Å². The lowest BCUT2D eigenvalue weighted by Crippen LogP contribution is -2.56. The molecule has 0 aliphatic carbocycles. The molecule has 2 aliphatic heterocycles. The van der Waals surface area contributed by atoms with Gasteiger partial charge in [0.1, 0.15) is 0 Å². The molecule has 2 aliphatic rings. The molecule has 0 spiro atoms. The Kier molecular flexibility index (Phi) is 7.08. The van der Waals surface area contributed by atoms with Crippen LogP contribution >= 0.6 is 11.3 Å². The van der Waals surface area contributed by atoms with Crippen molar-refractivity contribution in [3.8, 4) is 0 Å². The Hall–Kier alpha value is -3.56. The standard InChI is InChI=1S/C28H30N4O4S/c1-19-6-3-4-9-23(19)26-24-11-17-37-25(24)10-12-31(26)20(2)27(33)29-13-15-30(16-14-29)28(34)21-7-5-8-22(18-21)32(35)36/h3-9,11,17-18,20,26H,10,12-16H2,1-2H3. The molecule has 37 heavy (non-hydrogen) atoms. The van der Waals surface area contributed by atoms with Gasteiger partial charge < -0.3 is 9.80 Å². The topological polar surface area (TPSA) is 87.0 Å². The molecule has 2 amide bonds. The molecule has 1 saturated heterocycles. The number of amides is 2. The molecule has 8 nitrogen and oxygen atoms in total. The molecule has 2 aromatic carbocycles. The van der Waals surface area contributed by atoms with Crippen molar-refractivity contribution < 1.29 is 14.5 Å². The summed E-state index contributed by atoms with van der Waals surface area (Å²) in [5, 5.41) is 13.2. The summed E-state index contributed by atoms with van der Waals surface area (Å²) < 4.78 is 0. The Morgan fingerprint density at radius 2 is 1.70 bits per heavy atom. The number of non-ortho nitro benzene ring substituents is 1. The zero-order valence-corrected chi connectivity index (χ0v) is 21.8. The summed E-state index contributed by atoms with van der Waals surface area (Å²) in [4.78, 5) is 44.4. The maximum absolute atomic E-state index is 13.7. The Labute approximate surface area is 220 Å². The van der Waals surface area contributed by atoms with Gasteiger partial charge in [-0.2, -0.15) is 0 Å². The van der Waals surface area contributed by atoms with Crippen LogP contribution in [0, 0.1) is 17.0 Å². The molecule has 3 aromatic rings. The molecule has 0 N–H and O–H groups in total. The van der Waals surface area contributed by atoms with Crippen LogP contribution < -0.4 is 0 Å². The number of carbonyl (C=O) groups is 2. The first-order valence-electron chi connectivity index (χ1n) is 12.5. The molecule has 2 unspecified atom stereocenters. The van der Waals surface area contributed by atoms with E-state index in [-0.39, 0.29) is 29.6 Å². The van der Waals surface area contributed by atoms with E-state index in [4.69, 9.17) is 0 Å². The highest BCUT2D eigenvalue weighted by atomic mass is 32.1. The molecule has 5 rings (SSSR count). The number of benzene rings is 2. The average molecular weight is 519 g/mol. The van der Waals surface area contributed by atoms with E-state index in [0.29, 0.717) is 31.7 Å². The molecule has 3 heterocycles. The molecular weight excluding hydrogens is 488 g/mol. The van der Waals surface area contributed by atoms with Crippen molar-refractivity contribution in [2.24, 2.45) is 0 Å². The van der Waals surface area contributed by atoms with Crippen molar-refractivity contribution in [1.82, 2.24) is 14.7 Å². The van der Waals surface area contributed by atoms with E-state index in [9.17, 15) is 19.7 Å². The SMILES string of the molecule is Cc1ccccc1C1c2ccsc2CCN1C(C)C(=O)N1CCN(C(=O)c2cccc([N+](=O)[O-])c2)CC1. The summed E-state index contributed by atoms with van der Waals surface area (Å²) in [6.45, 7) is 6.60. The van der Waals surface area contributed by atoms with E-state index in [2.05, 4.69) is 41.5 Å². The summed E-state index contributed by atoms with van der Waals surface area (Å²) >= 11 is 1.79. The van der Waals surface area contributed by atoms with Crippen LogP contribution in [0.3, 0.4) is 0 Å². The maximum Gasteiger partial charge on any atom is 0.270 e. The van der Waals surface area contributed by atoms with Crippen molar-refractivity contribution >= 4 is 28.8 Å². The molecule has 9 heteroatoms. The lowest BCUT2D eigenvalue weighted by Gasteiger charge is -2.43. The van der Waals surface area contributed by atoms with E-state index >= 15 is 0 Å². The quantitative estimate of drug-likeness (QED) is 0.372. The van der Waals surface area contributed by atoms with Crippen LogP contribution in [-0.2, 0) is 11.2 Å². The lowest BCUT2D eigenvalue weighted by atomic mass is 9.89. The second-order valence-corrected chi connectivity index (χ2v) is 10.6. The van der Waals surface area contributed by atoms with Crippen LogP contribution in [-0.4, -0.2) is 70.2 Å². The van der Waals surface area contributed by atoms with Crippen LogP contribution in [0.5, 0.6) is 0 Å². The molecule has 0 radical (unpaired) electrons. The fourth-order valence-corrected chi connectivity index (χ4v) is 6.37. The van der Waals surface area contributed by atoms with Crippen molar-refractivity contribution in [3.05, 3.63) is 97.2 Å². The second-order valence-electron chi connectivity index (χ2n) is 9.65. The number of aryl methyl sites for hydroxylation is 1. The highest BCUT2D eigenvalue weighted by Crippen LogP contribution is 2.40. The van der Waals surface area contributed by atoms with Crippen LogP contribution in [0.1, 0.15) is 44.9 Å². The van der Waals surface area contributed by atoms with Gasteiger partial charge in [0.25, 0.3) is 11.6 Å². The Morgan fingerprint density at radius 3 is 2.43 bits per heavy atom. The smallest absolute Gasteiger partial charge is 0.270 e. The van der Waals surface area contributed by atoms with Crippen molar-refractivity contribution in [2.75, 3.05) is 32.7 Å². The van der Waals surface area contributed by atoms with Gasteiger partial charge >= 0.3 is 0 Å². The Balaban J connectivity index is 1.29. The van der Waals surface area contributed by atoms with E-state index in [0.717, 1.165) is 13.0 Å². The van der Waals surface area contributed by atoms with Gasteiger partial charge in [-0.25, -0.2) is 0 Å². The average Bonchev–Trinajstić information content (AvgIpc) is 3.41. The largest absolute Gasteiger partial charge is 0.338 e. The number of rotatable bonds is 5. The van der Waals surface area contributed by atoms with Gasteiger partial charge in [0.15, 0.2) is 0 Å². The van der Waals surface area contributed by atoms with Crippen molar-refractivity contribution in [1.29, 1.82) is 0 Å². The number of nitro benzene ring substituents is 1. The zero-order chi connectivity index (χ0) is 26.1. The minimum atomic E-state index is -0.501. The third-order valence-corrected chi connectivity index (χ3v) is 8.52. The summed E-state index contributed by atoms with van der Waals surface area (Å²) in [6.07, 6.45) is 0.929. The number of thiophene rings is 1. The van der Waals surface area contributed by atoms with Crippen LogP contribution in [0.4, 0.5) is 5.69 Å². The van der Waals surface area contributed by atoms with Gasteiger partial charge in [0, 0.05) is 55.3 Å². The van der Waals surface area contributed by atoms with Crippen LogP contribution in [0.2, 0.25) is 0 Å².